The van der Waals surface area contributed by atoms with E-state index in [9.17, 15) is 9.90 Å². The Morgan fingerprint density at radius 2 is 2.25 bits per heavy atom. The molecule has 2 rings (SSSR count). The van der Waals surface area contributed by atoms with E-state index in [4.69, 9.17) is 0 Å². The van der Waals surface area contributed by atoms with Crippen molar-refractivity contribution in [3.05, 3.63) is 11.1 Å². The molecule has 4 nitrogen and oxygen atoms in total. The number of nitrogens with one attached hydrogen (secondary N) is 2. The van der Waals surface area contributed by atoms with Crippen LogP contribution in [-0.2, 0) is 4.79 Å². The molecule has 2 fully saturated rings. The first-order valence-corrected chi connectivity index (χ1v) is 6.04. The predicted molar refractivity (Wildman–Crippen MR) is 61.9 cm³/mol. The third kappa shape index (κ3) is 2.44. The Bertz CT molecular complexity index is 306. The van der Waals surface area contributed by atoms with Gasteiger partial charge in [0.1, 0.15) is 0 Å². The van der Waals surface area contributed by atoms with Gasteiger partial charge in [-0.25, -0.2) is 0 Å². The van der Waals surface area contributed by atoms with Crippen LogP contribution < -0.4 is 10.6 Å². The molecular formula is C12H20N2O2. The number of aliphatic hydroxyl groups is 1. The third-order valence-electron chi connectivity index (χ3n) is 3.69. The molecule has 2 aliphatic rings. The van der Waals surface area contributed by atoms with Gasteiger partial charge in [-0.05, 0) is 25.3 Å². The summed E-state index contributed by atoms with van der Waals surface area (Å²) in [4.78, 5) is 11.8. The first kappa shape index (κ1) is 11.6. The topological polar surface area (TPSA) is 61.4 Å². The zero-order valence-corrected chi connectivity index (χ0v) is 9.75. The van der Waals surface area contributed by atoms with Crippen molar-refractivity contribution in [1.82, 2.24) is 10.6 Å². The molecular weight excluding hydrogens is 204 g/mol. The molecule has 16 heavy (non-hydrogen) atoms. The third-order valence-corrected chi connectivity index (χ3v) is 3.69. The van der Waals surface area contributed by atoms with Crippen molar-refractivity contribution in [3.8, 4) is 0 Å². The van der Waals surface area contributed by atoms with Crippen LogP contribution in [0, 0.1) is 5.92 Å². The molecule has 2 unspecified atom stereocenters. The van der Waals surface area contributed by atoms with Crippen LogP contribution >= 0.6 is 0 Å². The van der Waals surface area contributed by atoms with Gasteiger partial charge in [-0.2, -0.15) is 0 Å². The lowest BCUT2D eigenvalue weighted by molar-refractivity contribution is -0.117. The van der Waals surface area contributed by atoms with Gasteiger partial charge in [0.25, 0.3) is 0 Å². The zero-order valence-electron chi connectivity index (χ0n) is 9.75. The van der Waals surface area contributed by atoms with Crippen LogP contribution in [0.4, 0.5) is 0 Å². The number of hydrogen-bond acceptors (Lipinski definition) is 3. The van der Waals surface area contributed by atoms with Gasteiger partial charge in [-0.3, -0.25) is 4.79 Å². The number of amides is 1. The fourth-order valence-electron chi connectivity index (χ4n) is 2.29. The minimum atomic E-state index is -0.223. The van der Waals surface area contributed by atoms with Gasteiger partial charge in [0.2, 0.25) is 5.91 Å². The molecule has 0 aromatic rings. The lowest BCUT2D eigenvalue weighted by Gasteiger charge is -2.22. The predicted octanol–water partition coefficient (Wildman–Crippen LogP) is 0.183. The maximum atomic E-state index is 11.8. The molecule has 0 radical (unpaired) electrons. The Balaban J connectivity index is 1.79. The summed E-state index contributed by atoms with van der Waals surface area (Å²) in [6.07, 6.45) is 2.76. The number of carbonyl (C=O) groups is 1. The SMILES string of the molecule is CC(C(=O)NCC1CCCC1O)=C1CNC1. The molecule has 2 atom stereocenters. The minimum absolute atomic E-state index is 0.0237. The van der Waals surface area contributed by atoms with E-state index in [0.717, 1.165) is 37.9 Å². The molecule has 1 aliphatic carbocycles. The Morgan fingerprint density at radius 1 is 1.50 bits per heavy atom. The van der Waals surface area contributed by atoms with E-state index in [1.807, 2.05) is 6.92 Å². The van der Waals surface area contributed by atoms with Gasteiger partial charge >= 0.3 is 0 Å². The van der Waals surface area contributed by atoms with Crippen LogP contribution in [-0.4, -0.2) is 36.8 Å². The molecule has 0 bridgehead atoms. The highest BCUT2D eigenvalue weighted by Gasteiger charge is 2.25. The normalized spacial score (nSPS) is 28.8. The minimum Gasteiger partial charge on any atom is -0.393 e. The lowest BCUT2D eigenvalue weighted by Crippen LogP contribution is -2.39. The summed E-state index contributed by atoms with van der Waals surface area (Å²) in [7, 11) is 0. The molecule has 0 aromatic carbocycles. The quantitative estimate of drug-likeness (QED) is 0.599. The summed E-state index contributed by atoms with van der Waals surface area (Å²) in [6, 6.07) is 0. The number of hydrogen-bond donors (Lipinski definition) is 3. The molecule has 1 aliphatic heterocycles. The second kappa shape index (κ2) is 4.97. The first-order valence-electron chi connectivity index (χ1n) is 6.04. The molecule has 1 saturated carbocycles. The molecule has 90 valence electrons. The second-order valence-corrected chi connectivity index (χ2v) is 4.80. The summed E-state index contributed by atoms with van der Waals surface area (Å²) in [5.74, 6) is 0.275. The van der Waals surface area contributed by atoms with Crippen LogP contribution in [0.2, 0.25) is 0 Å². The molecule has 3 N–H and O–H groups in total. The standard InChI is InChI=1S/C12H20N2O2/c1-8(10-5-13-6-10)12(16)14-7-9-3-2-4-11(9)15/h9,11,13,15H,2-7H2,1H3,(H,14,16). The summed E-state index contributed by atoms with van der Waals surface area (Å²) in [5.41, 5.74) is 2.04. The lowest BCUT2D eigenvalue weighted by atomic mass is 10.0. The van der Waals surface area contributed by atoms with Gasteiger partial charge in [-0.1, -0.05) is 6.42 Å². The van der Waals surface area contributed by atoms with Gasteiger partial charge < -0.3 is 15.7 Å². The number of carbonyl (C=O) groups excluding carboxylic acids is 1. The Hall–Kier alpha value is -0.870. The maximum absolute atomic E-state index is 11.8. The highest BCUT2D eigenvalue weighted by atomic mass is 16.3. The van der Waals surface area contributed by atoms with Crippen LogP contribution in [0.1, 0.15) is 26.2 Å². The average Bonchev–Trinajstić information content (AvgIpc) is 2.57. The van der Waals surface area contributed by atoms with Crippen LogP contribution in [0.3, 0.4) is 0 Å². The van der Waals surface area contributed by atoms with Crippen molar-refractivity contribution < 1.29 is 9.90 Å². The molecule has 1 amide bonds. The molecule has 0 aromatic heterocycles. The van der Waals surface area contributed by atoms with Crippen molar-refractivity contribution in [2.45, 2.75) is 32.3 Å². The molecule has 0 spiro atoms. The molecule has 1 heterocycles. The van der Waals surface area contributed by atoms with Crippen molar-refractivity contribution >= 4 is 5.91 Å². The van der Waals surface area contributed by atoms with Gasteiger partial charge in [0, 0.05) is 31.1 Å². The number of aliphatic hydroxyl groups excluding tert-OH is 1. The van der Waals surface area contributed by atoms with Crippen molar-refractivity contribution in [2.75, 3.05) is 19.6 Å². The Kier molecular flexibility index (Phi) is 3.61. The first-order chi connectivity index (χ1) is 7.68. The summed E-state index contributed by atoms with van der Waals surface area (Å²) in [5, 5.41) is 15.7. The van der Waals surface area contributed by atoms with E-state index in [2.05, 4.69) is 10.6 Å². The average molecular weight is 224 g/mol. The van der Waals surface area contributed by atoms with Crippen molar-refractivity contribution in [1.29, 1.82) is 0 Å². The highest BCUT2D eigenvalue weighted by Crippen LogP contribution is 2.24. The fourth-order valence-corrected chi connectivity index (χ4v) is 2.29. The van der Waals surface area contributed by atoms with Crippen molar-refractivity contribution in [3.63, 3.8) is 0 Å². The van der Waals surface area contributed by atoms with Gasteiger partial charge in [0.15, 0.2) is 0 Å². The number of rotatable bonds is 3. The van der Waals surface area contributed by atoms with E-state index in [1.165, 1.54) is 5.57 Å². The summed E-state index contributed by atoms with van der Waals surface area (Å²) >= 11 is 0. The van der Waals surface area contributed by atoms with E-state index in [-0.39, 0.29) is 17.9 Å². The maximum Gasteiger partial charge on any atom is 0.246 e. The van der Waals surface area contributed by atoms with E-state index in [0.29, 0.717) is 6.54 Å². The Labute approximate surface area is 96.1 Å². The van der Waals surface area contributed by atoms with Gasteiger partial charge in [0.05, 0.1) is 6.10 Å². The van der Waals surface area contributed by atoms with E-state index in [1.54, 1.807) is 0 Å². The Morgan fingerprint density at radius 3 is 2.75 bits per heavy atom. The van der Waals surface area contributed by atoms with E-state index < -0.39 is 0 Å². The summed E-state index contributed by atoms with van der Waals surface area (Å²) < 4.78 is 0. The van der Waals surface area contributed by atoms with Crippen LogP contribution in [0.15, 0.2) is 11.1 Å². The summed E-state index contributed by atoms with van der Waals surface area (Å²) in [6.45, 7) is 4.16. The smallest absolute Gasteiger partial charge is 0.246 e. The van der Waals surface area contributed by atoms with Crippen LogP contribution in [0.25, 0.3) is 0 Å². The van der Waals surface area contributed by atoms with E-state index >= 15 is 0 Å². The zero-order chi connectivity index (χ0) is 11.5. The largest absolute Gasteiger partial charge is 0.393 e. The highest BCUT2D eigenvalue weighted by molar-refractivity contribution is 5.93. The molecule has 1 saturated heterocycles. The van der Waals surface area contributed by atoms with Crippen LogP contribution in [0.5, 0.6) is 0 Å². The molecule has 4 heteroatoms. The fraction of sp³-hybridized carbons (Fsp3) is 0.750. The second-order valence-electron chi connectivity index (χ2n) is 4.80. The van der Waals surface area contributed by atoms with Gasteiger partial charge in [-0.15, -0.1) is 0 Å². The monoisotopic (exact) mass is 224 g/mol. The van der Waals surface area contributed by atoms with Crippen molar-refractivity contribution in [2.24, 2.45) is 5.92 Å².